The molecule has 2 aliphatic heterocycles. The van der Waals surface area contributed by atoms with Crippen LogP contribution < -0.4 is 10.2 Å². The summed E-state index contributed by atoms with van der Waals surface area (Å²) >= 11 is 0. The van der Waals surface area contributed by atoms with E-state index in [4.69, 9.17) is 4.74 Å². The van der Waals surface area contributed by atoms with Crippen LogP contribution in [0.15, 0.2) is 53.4 Å². The van der Waals surface area contributed by atoms with Gasteiger partial charge < -0.3 is 15.0 Å². The third-order valence-electron chi connectivity index (χ3n) is 6.06. The summed E-state index contributed by atoms with van der Waals surface area (Å²) in [6.45, 7) is 4.22. The highest BCUT2D eigenvalue weighted by atomic mass is 32.2. The number of benzene rings is 2. The number of nitrogens with one attached hydrogen (secondary N) is 1. The molecule has 32 heavy (non-hydrogen) atoms. The Morgan fingerprint density at radius 1 is 0.969 bits per heavy atom. The minimum Gasteiger partial charge on any atom is -0.378 e. The number of carbonyl (C=O) groups excluding carboxylic acids is 1. The SMILES string of the molecule is O=C(NCc1ccc(N2CCOCC2)cc1)C1CCN(S(=O)(=O)c2ccc(F)cc2)CC1. The van der Waals surface area contributed by atoms with Gasteiger partial charge >= 0.3 is 0 Å². The standard InChI is InChI=1S/C23H28FN3O4S/c24-20-3-7-22(8-4-20)32(29,30)27-11-9-19(10-12-27)23(28)25-17-18-1-5-21(6-2-18)26-13-15-31-16-14-26/h1-8,19H,9-17H2,(H,25,28). The molecule has 0 aromatic heterocycles. The van der Waals surface area contributed by atoms with Gasteiger partial charge in [-0.05, 0) is 54.8 Å². The molecule has 9 heteroatoms. The Bertz CT molecular complexity index is 1010. The number of nitrogens with zero attached hydrogens (tertiary/aromatic N) is 2. The topological polar surface area (TPSA) is 79.0 Å². The number of hydrogen-bond donors (Lipinski definition) is 1. The maximum Gasteiger partial charge on any atom is 0.243 e. The monoisotopic (exact) mass is 461 g/mol. The van der Waals surface area contributed by atoms with Crippen molar-refractivity contribution < 1.29 is 22.3 Å². The lowest BCUT2D eigenvalue weighted by atomic mass is 9.97. The second kappa shape index (κ2) is 9.97. The largest absolute Gasteiger partial charge is 0.378 e. The molecule has 2 aliphatic rings. The number of amides is 1. The summed E-state index contributed by atoms with van der Waals surface area (Å²) in [7, 11) is -3.67. The van der Waals surface area contributed by atoms with Crippen LogP contribution in [0.1, 0.15) is 18.4 Å². The van der Waals surface area contributed by atoms with Crippen LogP contribution in [0.25, 0.3) is 0 Å². The highest BCUT2D eigenvalue weighted by molar-refractivity contribution is 7.89. The molecule has 2 aromatic carbocycles. The molecule has 0 unspecified atom stereocenters. The Balaban J connectivity index is 1.26. The van der Waals surface area contributed by atoms with E-state index in [2.05, 4.69) is 22.3 Å². The number of rotatable bonds is 6. The molecule has 2 fully saturated rings. The van der Waals surface area contributed by atoms with E-state index in [1.807, 2.05) is 12.1 Å². The Kier molecular flexibility index (Phi) is 7.07. The number of sulfonamides is 1. The Hall–Kier alpha value is -2.49. The van der Waals surface area contributed by atoms with Crippen molar-refractivity contribution in [1.29, 1.82) is 0 Å². The Labute approximate surface area is 188 Å². The van der Waals surface area contributed by atoms with E-state index < -0.39 is 15.8 Å². The van der Waals surface area contributed by atoms with Crippen LogP contribution in [0.2, 0.25) is 0 Å². The summed E-state index contributed by atoms with van der Waals surface area (Å²) in [6, 6.07) is 13.0. The molecule has 7 nitrogen and oxygen atoms in total. The minimum atomic E-state index is -3.67. The molecule has 2 saturated heterocycles. The normalized spacial score (nSPS) is 18.5. The van der Waals surface area contributed by atoms with Crippen molar-refractivity contribution in [1.82, 2.24) is 9.62 Å². The lowest BCUT2D eigenvalue weighted by Gasteiger charge is -2.30. The van der Waals surface area contributed by atoms with Crippen molar-refractivity contribution in [2.24, 2.45) is 5.92 Å². The zero-order chi connectivity index (χ0) is 22.6. The van der Waals surface area contributed by atoms with Crippen molar-refractivity contribution in [3.8, 4) is 0 Å². The van der Waals surface area contributed by atoms with E-state index in [-0.39, 0.29) is 29.8 Å². The summed E-state index contributed by atoms with van der Waals surface area (Å²) in [5, 5.41) is 2.98. The van der Waals surface area contributed by atoms with Gasteiger partial charge in [0.05, 0.1) is 18.1 Å². The van der Waals surface area contributed by atoms with Crippen LogP contribution in [0.4, 0.5) is 10.1 Å². The molecule has 0 spiro atoms. The quantitative estimate of drug-likeness (QED) is 0.715. The molecule has 1 amide bonds. The van der Waals surface area contributed by atoms with Gasteiger partial charge in [-0.15, -0.1) is 0 Å². The van der Waals surface area contributed by atoms with Crippen LogP contribution in [0, 0.1) is 11.7 Å². The second-order valence-corrected chi connectivity index (χ2v) is 10.1. The van der Waals surface area contributed by atoms with E-state index in [1.54, 1.807) is 0 Å². The number of carbonyl (C=O) groups is 1. The van der Waals surface area contributed by atoms with Crippen molar-refractivity contribution in [3.63, 3.8) is 0 Å². The predicted octanol–water partition coefficient (Wildman–Crippen LogP) is 2.38. The van der Waals surface area contributed by atoms with Crippen LogP contribution in [0.3, 0.4) is 0 Å². The molecule has 0 bridgehead atoms. The molecular weight excluding hydrogens is 433 g/mol. The van der Waals surface area contributed by atoms with Gasteiger partial charge in [-0.3, -0.25) is 4.79 Å². The van der Waals surface area contributed by atoms with Crippen molar-refractivity contribution in [2.45, 2.75) is 24.3 Å². The highest BCUT2D eigenvalue weighted by Crippen LogP contribution is 2.24. The zero-order valence-electron chi connectivity index (χ0n) is 17.9. The van der Waals surface area contributed by atoms with E-state index in [0.717, 1.165) is 49.7 Å². The number of halogens is 1. The molecule has 0 saturated carbocycles. The van der Waals surface area contributed by atoms with Gasteiger partial charge in [-0.2, -0.15) is 4.31 Å². The first-order chi connectivity index (χ1) is 15.4. The molecule has 2 heterocycles. The molecule has 1 N–H and O–H groups in total. The fraction of sp³-hybridized carbons (Fsp3) is 0.435. The van der Waals surface area contributed by atoms with Gasteiger partial charge in [0.1, 0.15) is 5.82 Å². The lowest BCUT2D eigenvalue weighted by Crippen LogP contribution is -2.42. The number of piperidine rings is 1. The van der Waals surface area contributed by atoms with Crippen LogP contribution >= 0.6 is 0 Å². The average Bonchev–Trinajstić information content (AvgIpc) is 2.84. The zero-order valence-corrected chi connectivity index (χ0v) is 18.7. The number of ether oxygens (including phenoxy) is 1. The van der Waals surface area contributed by atoms with E-state index in [9.17, 15) is 17.6 Å². The summed E-state index contributed by atoms with van der Waals surface area (Å²) in [5.41, 5.74) is 2.17. The molecule has 4 rings (SSSR count). The molecule has 0 atom stereocenters. The van der Waals surface area contributed by atoms with Crippen LogP contribution in [0.5, 0.6) is 0 Å². The van der Waals surface area contributed by atoms with Gasteiger partial charge in [0, 0.05) is 44.3 Å². The Morgan fingerprint density at radius 3 is 2.22 bits per heavy atom. The van der Waals surface area contributed by atoms with Crippen molar-refractivity contribution in [3.05, 3.63) is 59.9 Å². The van der Waals surface area contributed by atoms with Crippen LogP contribution in [-0.2, 0) is 26.1 Å². The highest BCUT2D eigenvalue weighted by Gasteiger charge is 2.32. The first-order valence-electron chi connectivity index (χ1n) is 10.9. The van der Waals surface area contributed by atoms with Crippen molar-refractivity contribution >= 4 is 21.6 Å². The van der Waals surface area contributed by atoms with Gasteiger partial charge in [0.15, 0.2) is 0 Å². The fourth-order valence-corrected chi connectivity index (χ4v) is 5.56. The van der Waals surface area contributed by atoms with Crippen molar-refractivity contribution in [2.75, 3.05) is 44.3 Å². The number of morpholine rings is 1. The minimum absolute atomic E-state index is 0.0546. The molecule has 172 valence electrons. The van der Waals surface area contributed by atoms with Gasteiger partial charge in [0.2, 0.25) is 15.9 Å². The smallest absolute Gasteiger partial charge is 0.243 e. The first-order valence-corrected chi connectivity index (χ1v) is 12.3. The molecular formula is C23H28FN3O4S. The van der Waals surface area contributed by atoms with E-state index in [1.165, 1.54) is 16.4 Å². The predicted molar refractivity (Wildman–Crippen MR) is 119 cm³/mol. The molecule has 2 aromatic rings. The van der Waals surface area contributed by atoms with E-state index in [0.29, 0.717) is 19.4 Å². The molecule has 0 aliphatic carbocycles. The van der Waals surface area contributed by atoms with Gasteiger partial charge in [-0.25, -0.2) is 12.8 Å². The Morgan fingerprint density at radius 2 is 1.59 bits per heavy atom. The maximum absolute atomic E-state index is 13.1. The summed E-state index contributed by atoms with van der Waals surface area (Å²) in [4.78, 5) is 15.0. The third kappa shape index (κ3) is 5.28. The van der Waals surface area contributed by atoms with Crippen LogP contribution in [-0.4, -0.2) is 58.0 Å². The van der Waals surface area contributed by atoms with E-state index >= 15 is 0 Å². The lowest BCUT2D eigenvalue weighted by molar-refractivity contribution is -0.126. The number of anilines is 1. The first kappa shape index (κ1) is 22.7. The third-order valence-corrected chi connectivity index (χ3v) is 7.97. The van der Waals surface area contributed by atoms with Gasteiger partial charge in [0.25, 0.3) is 0 Å². The fourth-order valence-electron chi connectivity index (χ4n) is 4.09. The summed E-state index contributed by atoms with van der Waals surface area (Å²) in [5.74, 6) is -0.751. The second-order valence-electron chi connectivity index (χ2n) is 8.12. The number of hydrogen-bond acceptors (Lipinski definition) is 5. The molecule has 0 radical (unpaired) electrons. The maximum atomic E-state index is 13.1. The van der Waals surface area contributed by atoms with Gasteiger partial charge in [-0.1, -0.05) is 12.1 Å². The summed E-state index contributed by atoms with van der Waals surface area (Å²) < 4.78 is 45.3. The summed E-state index contributed by atoms with van der Waals surface area (Å²) in [6.07, 6.45) is 0.921. The average molecular weight is 462 g/mol.